The van der Waals surface area contributed by atoms with Crippen molar-refractivity contribution in [2.45, 2.75) is 26.4 Å². The van der Waals surface area contributed by atoms with Crippen molar-refractivity contribution in [1.29, 1.82) is 0 Å². The maximum absolute atomic E-state index is 11.0. The highest BCUT2D eigenvalue weighted by atomic mass is 16.7. The van der Waals surface area contributed by atoms with Crippen LogP contribution >= 0.6 is 0 Å². The number of carbonyl (C=O) groups is 4. The highest BCUT2D eigenvalue weighted by Crippen LogP contribution is 2.08. The fourth-order valence-corrected chi connectivity index (χ4v) is 0.965. The Morgan fingerprint density at radius 3 is 2.44 bits per heavy atom. The molecule has 1 aliphatic heterocycles. The molecule has 0 aromatic rings. The first kappa shape index (κ1) is 12.2. The van der Waals surface area contributed by atoms with Gasteiger partial charge in [0.15, 0.2) is 6.10 Å². The number of esters is 1. The maximum atomic E-state index is 11.0. The summed E-state index contributed by atoms with van der Waals surface area (Å²) in [7, 11) is 0. The first-order chi connectivity index (χ1) is 7.40. The number of hydrogen-bond acceptors (Lipinski definition) is 6. The van der Waals surface area contributed by atoms with Gasteiger partial charge < -0.3 is 9.47 Å². The van der Waals surface area contributed by atoms with E-state index in [0.29, 0.717) is 0 Å². The van der Waals surface area contributed by atoms with Gasteiger partial charge in [0.1, 0.15) is 0 Å². The molecule has 1 rings (SSSR count). The van der Waals surface area contributed by atoms with Crippen molar-refractivity contribution in [3.63, 3.8) is 0 Å². The summed E-state index contributed by atoms with van der Waals surface area (Å²) in [5.41, 5.74) is 0. The first-order valence-electron chi connectivity index (χ1n) is 4.66. The molecule has 0 spiro atoms. The highest BCUT2D eigenvalue weighted by Gasteiger charge is 2.34. The summed E-state index contributed by atoms with van der Waals surface area (Å²) in [6, 6.07) is 0. The Labute approximate surface area is 91.1 Å². The van der Waals surface area contributed by atoms with E-state index in [1.807, 2.05) is 5.32 Å². The molecule has 7 nitrogen and oxygen atoms in total. The van der Waals surface area contributed by atoms with E-state index in [1.54, 1.807) is 13.8 Å². The summed E-state index contributed by atoms with van der Waals surface area (Å²) in [5.74, 6) is -2.47. The molecule has 1 atom stereocenters. The zero-order valence-corrected chi connectivity index (χ0v) is 8.81. The zero-order chi connectivity index (χ0) is 12.3. The van der Waals surface area contributed by atoms with E-state index < -0.39 is 36.0 Å². The second-order valence-electron chi connectivity index (χ2n) is 3.55. The third-order valence-corrected chi connectivity index (χ3v) is 1.82. The lowest BCUT2D eigenvalue weighted by atomic mass is 10.2. The molecule has 0 aromatic heterocycles. The second-order valence-corrected chi connectivity index (χ2v) is 3.55. The van der Waals surface area contributed by atoms with Crippen molar-refractivity contribution in [2.75, 3.05) is 0 Å². The normalized spacial score (nSPS) is 19.6. The van der Waals surface area contributed by atoms with E-state index in [0.717, 1.165) is 0 Å². The number of hydrogen-bond donors (Lipinski definition) is 1. The highest BCUT2D eigenvalue weighted by molar-refractivity contribution is 6.05. The minimum atomic E-state index is -1.27. The molecule has 2 amide bonds. The summed E-state index contributed by atoms with van der Waals surface area (Å²) in [5, 5.41) is 1.95. The van der Waals surface area contributed by atoms with Crippen LogP contribution in [0.5, 0.6) is 0 Å². The fraction of sp³-hybridized carbons (Fsp3) is 0.556. The molecule has 1 aliphatic rings. The lowest BCUT2D eigenvalue weighted by Gasteiger charge is -2.08. The minimum Gasteiger partial charge on any atom is -0.420 e. The van der Waals surface area contributed by atoms with Crippen LogP contribution in [0.25, 0.3) is 0 Å². The van der Waals surface area contributed by atoms with Crippen LogP contribution in [0.1, 0.15) is 20.3 Å². The molecule has 0 bridgehead atoms. The van der Waals surface area contributed by atoms with Crippen LogP contribution in [0, 0.1) is 5.92 Å². The maximum Gasteiger partial charge on any atom is 0.516 e. The largest absolute Gasteiger partial charge is 0.516 e. The topological polar surface area (TPSA) is 98.8 Å². The van der Waals surface area contributed by atoms with Gasteiger partial charge >= 0.3 is 12.1 Å². The van der Waals surface area contributed by atoms with Crippen LogP contribution in [0.4, 0.5) is 4.79 Å². The molecular formula is C9H11NO6. The van der Waals surface area contributed by atoms with Crippen LogP contribution in [0.3, 0.4) is 0 Å². The number of imide groups is 1. The summed E-state index contributed by atoms with van der Waals surface area (Å²) < 4.78 is 8.77. The predicted octanol–water partition coefficient (Wildman–Crippen LogP) is -0.263. The Kier molecular flexibility index (Phi) is 3.60. The molecule has 1 fully saturated rings. The fourth-order valence-electron chi connectivity index (χ4n) is 0.965. The number of rotatable bonds is 2. The Morgan fingerprint density at radius 2 is 2.00 bits per heavy atom. The SMILES string of the molecule is CC(C)C(=O)OC(=O)OC1CC(=O)NC1=O. The quantitative estimate of drug-likeness (QED) is 0.398. The summed E-state index contributed by atoms with van der Waals surface area (Å²) in [4.78, 5) is 43.7. The average molecular weight is 229 g/mol. The van der Waals surface area contributed by atoms with Gasteiger partial charge in [0, 0.05) is 0 Å². The van der Waals surface area contributed by atoms with Crippen LogP contribution in [-0.4, -0.2) is 30.0 Å². The summed E-state index contributed by atoms with van der Waals surface area (Å²) >= 11 is 0. The average Bonchev–Trinajstić information content (AvgIpc) is 2.44. The zero-order valence-electron chi connectivity index (χ0n) is 8.81. The molecule has 0 aromatic carbocycles. The molecule has 0 saturated carbocycles. The Morgan fingerprint density at radius 1 is 1.38 bits per heavy atom. The van der Waals surface area contributed by atoms with Gasteiger partial charge in [-0.1, -0.05) is 13.8 Å². The third-order valence-electron chi connectivity index (χ3n) is 1.82. The van der Waals surface area contributed by atoms with E-state index in [9.17, 15) is 19.2 Å². The van der Waals surface area contributed by atoms with Crippen molar-refractivity contribution in [3.8, 4) is 0 Å². The Bertz CT molecular complexity index is 348. The van der Waals surface area contributed by atoms with Gasteiger partial charge in [-0.05, 0) is 0 Å². The van der Waals surface area contributed by atoms with Crippen LogP contribution < -0.4 is 5.32 Å². The van der Waals surface area contributed by atoms with Gasteiger partial charge in [-0.25, -0.2) is 4.79 Å². The van der Waals surface area contributed by atoms with E-state index in [1.165, 1.54) is 0 Å². The summed E-state index contributed by atoms with van der Waals surface area (Å²) in [6.07, 6.45) is -2.72. The molecule has 7 heteroatoms. The van der Waals surface area contributed by atoms with Crippen LogP contribution in [0.15, 0.2) is 0 Å². The first-order valence-corrected chi connectivity index (χ1v) is 4.66. The molecule has 1 N–H and O–H groups in total. The van der Waals surface area contributed by atoms with Gasteiger partial charge in [-0.2, -0.15) is 0 Å². The van der Waals surface area contributed by atoms with E-state index >= 15 is 0 Å². The van der Waals surface area contributed by atoms with Crippen molar-refractivity contribution in [2.24, 2.45) is 5.92 Å². The number of carbonyl (C=O) groups excluding carboxylic acids is 4. The lowest BCUT2D eigenvalue weighted by Crippen LogP contribution is -2.29. The van der Waals surface area contributed by atoms with Crippen molar-refractivity contribution in [3.05, 3.63) is 0 Å². The number of ether oxygens (including phenoxy) is 2. The molecule has 1 heterocycles. The van der Waals surface area contributed by atoms with Gasteiger partial charge in [-0.3, -0.25) is 19.7 Å². The second kappa shape index (κ2) is 4.73. The van der Waals surface area contributed by atoms with E-state index in [2.05, 4.69) is 9.47 Å². The molecular weight excluding hydrogens is 218 g/mol. The molecule has 88 valence electrons. The van der Waals surface area contributed by atoms with Crippen LogP contribution in [-0.2, 0) is 23.9 Å². The monoisotopic (exact) mass is 229 g/mol. The molecule has 0 aliphatic carbocycles. The third kappa shape index (κ3) is 3.04. The molecule has 0 radical (unpaired) electrons. The van der Waals surface area contributed by atoms with E-state index in [-0.39, 0.29) is 6.42 Å². The summed E-state index contributed by atoms with van der Waals surface area (Å²) in [6.45, 7) is 3.09. The predicted molar refractivity (Wildman–Crippen MR) is 49.0 cm³/mol. The van der Waals surface area contributed by atoms with Crippen molar-refractivity contribution < 1.29 is 28.7 Å². The van der Waals surface area contributed by atoms with Gasteiger partial charge in [0.25, 0.3) is 5.91 Å². The Balaban J connectivity index is 2.43. The Hall–Kier alpha value is -1.92. The van der Waals surface area contributed by atoms with Crippen LogP contribution in [0.2, 0.25) is 0 Å². The molecule has 1 unspecified atom stereocenters. The van der Waals surface area contributed by atoms with Gasteiger partial charge in [0.05, 0.1) is 12.3 Å². The van der Waals surface area contributed by atoms with Crippen molar-refractivity contribution in [1.82, 2.24) is 5.32 Å². The smallest absolute Gasteiger partial charge is 0.420 e. The van der Waals surface area contributed by atoms with Gasteiger partial charge in [-0.15, -0.1) is 0 Å². The van der Waals surface area contributed by atoms with E-state index in [4.69, 9.17) is 0 Å². The van der Waals surface area contributed by atoms with Gasteiger partial charge in [0.2, 0.25) is 5.91 Å². The molecule has 1 saturated heterocycles. The van der Waals surface area contributed by atoms with Crippen molar-refractivity contribution >= 4 is 23.9 Å². The number of nitrogens with one attached hydrogen (secondary N) is 1. The lowest BCUT2D eigenvalue weighted by molar-refractivity contribution is -0.145. The standard InChI is InChI=1S/C9H11NO6/c1-4(2)8(13)16-9(14)15-5-3-6(11)10-7(5)12/h4-5H,3H2,1-2H3,(H,10,11,12). The minimum absolute atomic E-state index is 0.246. The molecule has 16 heavy (non-hydrogen) atoms. The number of amides is 2.